The molecule has 138 valence electrons. The highest BCUT2D eigenvalue weighted by molar-refractivity contribution is 5.59. The third-order valence-electron chi connectivity index (χ3n) is 5.47. The van der Waals surface area contributed by atoms with Crippen molar-refractivity contribution in [1.29, 1.82) is 0 Å². The zero-order chi connectivity index (χ0) is 18.1. The number of anilines is 1. The number of aryl methyl sites for hydroxylation is 1. The smallest absolute Gasteiger partial charge is 0.161 e. The van der Waals surface area contributed by atoms with Crippen molar-refractivity contribution in [2.45, 2.75) is 38.8 Å². The van der Waals surface area contributed by atoms with E-state index in [0.29, 0.717) is 12.5 Å². The van der Waals surface area contributed by atoms with Crippen LogP contribution in [0.15, 0.2) is 36.4 Å². The molecule has 1 N–H and O–H groups in total. The highest BCUT2D eigenvalue weighted by atomic mass is 16.5. The molecule has 0 radical (unpaired) electrons. The van der Waals surface area contributed by atoms with Crippen LogP contribution in [-0.4, -0.2) is 20.3 Å². The van der Waals surface area contributed by atoms with Crippen LogP contribution in [0, 0.1) is 12.8 Å². The Morgan fingerprint density at radius 1 is 1.15 bits per heavy atom. The van der Waals surface area contributed by atoms with Crippen LogP contribution in [0.25, 0.3) is 0 Å². The van der Waals surface area contributed by atoms with Crippen molar-refractivity contribution < 1.29 is 14.2 Å². The summed E-state index contributed by atoms with van der Waals surface area (Å²) >= 11 is 0. The van der Waals surface area contributed by atoms with Crippen molar-refractivity contribution in [1.82, 2.24) is 0 Å². The second-order valence-corrected chi connectivity index (χ2v) is 7.15. The molecule has 2 aromatic rings. The molecule has 0 saturated carbocycles. The van der Waals surface area contributed by atoms with Gasteiger partial charge in [-0.1, -0.05) is 23.8 Å². The van der Waals surface area contributed by atoms with Gasteiger partial charge in [0.1, 0.15) is 0 Å². The van der Waals surface area contributed by atoms with Gasteiger partial charge in [0, 0.05) is 23.8 Å². The molecule has 0 aliphatic carbocycles. The normalized spacial score (nSPS) is 24.2. The van der Waals surface area contributed by atoms with Crippen molar-refractivity contribution >= 4 is 5.69 Å². The molecule has 26 heavy (non-hydrogen) atoms. The molecular weight excluding hydrogens is 326 g/mol. The van der Waals surface area contributed by atoms with E-state index in [1.165, 1.54) is 22.4 Å². The zero-order valence-electron chi connectivity index (χ0n) is 15.7. The summed E-state index contributed by atoms with van der Waals surface area (Å²) in [5, 5.41) is 3.77. The monoisotopic (exact) mass is 353 g/mol. The van der Waals surface area contributed by atoms with E-state index < -0.39 is 0 Å². The van der Waals surface area contributed by atoms with Gasteiger partial charge >= 0.3 is 0 Å². The lowest BCUT2D eigenvalue weighted by Crippen LogP contribution is -2.36. The summed E-state index contributed by atoms with van der Waals surface area (Å²) in [5.41, 5.74) is 4.97. The number of hydrogen-bond acceptors (Lipinski definition) is 4. The lowest BCUT2D eigenvalue weighted by atomic mass is 9.77. The Labute approximate surface area is 155 Å². The predicted molar refractivity (Wildman–Crippen MR) is 103 cm³/mol. The van der Waals surface area contributed by atoms with E-state index >= 15 is 0 Å². The second-order valence-electron chi connectivity index (χ2n) is 7.15. The van der Waals surface area contributed by atoms with Gasteiger partial charge in [0.05, 0.1) is 25.9 Å². The summed E-state index contributed by atoms with van der Waals surface area (Å²) in [4.78, 5) is 0. The minimum Gasteiger partial charge on any atom is -0.493 e. The van der Waals surface area contributed by atoms with Crippen LogP contribution >= 0.6 is 0 Å². The van der Waals surface area contributed by atoms with Gasteiger partial charge in [0.25, 0.3) is 0 Å². The molecule has 2 aromatic carbocycles. The van der Waals surface area contributed by atoms with Crippen LogP contribution in [0.3, 0.4) is 0 Å². The number of hydrogen-bond donors (Lipinski definition) is 1. The van der Waals surface area contributed by atoms with Gasteiger partial charge in [-0.25, -0.2) is 0 Å². The van der Waals surface area contributed by atoms with Crippen molar-refractivity contribution in [2.24, 2.45) is 5.92 Å². The molecule has 2 aliphatic heterocycles. The van der Waals surface area contributed by atoms with Gasteiger partial charge in [0.2, 0.25) is 0 Å². The molecule has 1 saturated heterocycles. The fraction of sp³-hybridized carbons (Fsp3) is 0.455. The summed E-state index contributed by atoms with van der Waals surface area (Å²) in [5.74, 6) is 2.00. The SMILES string of the molecule is CCOc1ccc(C2Nc3ccc(C)cc3C3OCCCC23)cc1OC. The molecule has 3 unspecified atom stereocenters. The molecular formula is C22H27NO3. The average molecular weight is 353 g/mol. The molecule has 4 rings (SSSR count). The van der Waals surface area contributed by atoms with Crippen molar-refractivity contribution in [3.8, 4) is 11.5 Å². The maximum atomic E-state index is 6.24. The molecule has 2 heterocycles. The molecule has 0 bridgehead atoms. The number of benzene rings is 2. The maximum absolute atomic E-state index is 6.24. The molecule has 0 aromatic heterocycles. The fourth-order valence-corrected chi connectivity index (χ4v) is 4.27. The number of methoxy groups -OCH3 is 1. The van der Waals surface area contributed by atoms with E-state index in [4.69, 9.17) is 14.2 Å². The highest BCUT2D eigenvalue weighted by Crippen LogP contribution is 2.50. The molecule has 1 fully saturated rings. The van der Waals surface area contributed by atoms with Crippen LogP contribution in [0.1, 0.15) is 48.6 Å². The van der Waals surface area contributed by atoms with Crippen LogP contribution in [-0.2, 0) is 4.74 Å². The first-order valence-corrected chi connectivity index (χ1v) is 9.50. The lowest BCUT2D eigenvalue weighted by Gasteiger charge is -2.43. The molecule has 2 aliphatic rings. The van der Waals surface area contributed by atoms with Crippen molar-refractivity contribution in [3.63, 3.8) is 0 Å². The van der Waals surface area contributed by atoms with Gasteiger partial charge in [-0.15, -0.1) is 0 Å². The Hall–Kier alpha value is -2.20. The quantitative estimate of drug-likeness (QED) is 0.836. The molecule has 4 nitrogen and oxygen atoms in total. The Balaban J connectivity index is 1.73. The molecule has 4 heteroatoms. The first kappa shape index (κ1) is 17.2. The minimum absolute atomic E-state index is 0.155. The van der Waals surface area contributed by atoms with E-state index in [0.717, 1.165) is 30.9 Å². The molecule has 3 atom stereocenters. The zero-order valence-corrected chi connectivity index (χ0v) is 15.7. The van der Waals surface area contributed by atoms with Gasteiger partial charge < -0.3 is 19.5 Å². The summed E-state index contributed by atoms with van der Waals surface area (Å²) in [6.45, 7) is 5.59. The van der Waals surface area contributed by atoms with E-state index in [-0.39, 0.29) is 12.1 Å². The standard InChI is InChI=1S/C22H27NO3/c1-4-25-19-10-8-15(13-20(19)24-3)21-16-6-5-11-26-22(16)17-12-14(2)7-9-18(17)23-21/h7-10,12-13,16,21-23H,4-6,11H2,1-3H3. The topological polar surface area (TPSA) is 39.7 Å². The number of nitrogens with one attached hydrogen (secondary N) is 1. The number of rotatable bonds is 4. The van der Waals surface area contributed by atoms with Crippen molar-refractivity contribution in [3.05, 3.63) is 53.1 Å². The van der Waals surface area contributed by atoms with Gasteiger partial charge in [-0.3, -0.25) is 0 Å². The summed E-state index contributed by atoms with van der Waals surface area (Å²) in [7, 11) is 1.69. The molecule has 0 spiro atoms. The van der Waals surface area contributed by atoms with Crippen LogP contribution in [0.2, 0.25) is 0 Å². The first-order valence-electron chi connectivity index (χ1n) is 9.50. The Morgan fingerprint density at radius 2 is 2.04 bits per heavy atom. The second kappa shape index (κ2) is 7.20. The minimum atomic E-state index is 0.155. The van der Waals surface area contributed by atoms with E-state index in [9.17, 15) is 0 Å². The van der Waals surface area contributed by atoms with E-state index in [1.54, 1.807) is 7.11 Å². The maximum Gasteiger partial charge on any atom is 0.161 e. The average Bonchev–Trinajstić information content (AvgIpc) is 2.68. The summed E-state index contributed by atoms with van der Waals surface area (Å²) < 4.78 is 17.5. The van der Waals surface area contributed by atoms with Gasteiger partial charge in [-0.2, -0.15) is 0 Å². The Morgan fingerprint density at radius 3 is 2.85 bits per heavy atom. The van der Waals surface area contributed by atoms with E-state index in [1.807, 2.05) is 13.0 Å². The Kier molecular flexibility index (Phi) is 4.77. The van der Waals surface area contributed by atoms with Crippen LogP contribution in [0.4, 0.5) is 5.69 Å². The first-order chi connectivity index (χ1) is 12.7. The third kappa shape index (κ3) is 3.03. The summed E-state index contributed by atoms with van der Waals surface area (Å²) in [6.07, 6.45) is 2.42. The lowest BCUT2D eigenvalue weighted by molar-refractivity contribution is -0.0381. The predicted octanol–water partition coefficient (Wildman–Crippen LogP) is 5.04. The van der Waals surface area contributed by atoms with Gasteiger partial charge in [-0.05, 0) is 50.5 Å². The van der Waals surface area contributed by atoms with E-state index in [2.05, 4.69) is 42.6 Å². The van der Waals surface area contributed by atoms with Crippen LogP contribution < -0.4 is 14.8 Å². The molecule has 0 amide bonds. The van der Waals surface area contributed by atoms with Gasteiger partial charge in [0.15, 0.2) is 11.5 Å². The largest absolute Gasteiger partial charge is 0.493 e. The third-order valence-corrected chi connectivity index (χ3v) is 5.47. The van der Waals surface area contributed by atoms with Crippen LogP contribution in [0.5, 0.6) is 11.5 Å². The number of ether oxygens (including phenoxy) is 3. The summed E-state index contributed by atoms with van der Waals surface area (Å²) in [6, 6.07) is 13.1. The highest BCUT2D eigenvalue weighted by Gasteiger charge is 2.40. The van der Waals surface area contributed by atoms with Crippen molar-refractivity contribution in [2.75, 3.05) is 25.6 Å². The fourth-order valence-electron chi connectivity index (χ4n) is 4.27. The number of fused-ring (bicyclic) bond motifs is 3. The Bertz CT molecular complexity index is 789.